The van der Waals surface area contributed by atoms with E-state index in [1.54, 1.807) is 0 Å². The van der Waals surface area contributed by atoms with Crippen molar-refractivity contribution in [3.05, 3.63) is 0 Å². The molecule has 112 valence electrons. The van der Waals surface area contributed by atoms with Crippen LogP contribution in [-0.4, -0.2) is 67.3 Å². The molecule has 0 saturated carbocycles. The highest BCUT2D eigenvalue weighted by Crippen LogP contribution is 2.25. The first-order valence-electron chi connectivity index (χ1n) is 6.27. The Hall–Kier alpha value is -0.890. The molecule has 1 amide bonds. The van der Waals surface area contributed by atoms with Crippen LogP contribution in [0.25, 0.3) is 0 Å². The van der Waals surface area contributed by atoms with E-state index in [2.05, 4.69) is 0 Å². The molecule has 19 heavy (non-hydrogen) atoms. The first-order chi connectivity index (χ1) is 8.89. The lowest BCUT2D eigenvalue weighted by atomic mass is 10.2. The minimum Gasteiger partial charge on any atom is -0.335 e. The number of unbranched alkanes of at least 4 members (excludes halogenated alkanes) is 1. The number of carbonyl (C=O) groups is 1. The fraction of sp³-hybridized carbons (Fsp3) is 0.909. The fourth-order valence-electron chi connectivity index (χ4n) is 1.96. The molecule has 0 radical (unpaired) electrons. The molecule has 1 saturated heterocycles. The van der Waals surface area contributed by atoms with Crippen LogP contribution in [0.2, 0.25) is 0 Å². The van der Waals surface area contributed by atoms with Crippen LogP contribution in [0.5, 0.6) is 0 Å². The van der Waals surface area contributed by atoms with Gasteiger partial charge in [-0.1, -0.05) is 0 Å². The summed E-state index contributed by atoms with van der Waals surface area (Å²) in [7, 11) is 0. The molecular formula is C11H19F4N3O. The van der Waals surface area contributed by atoms with Gasteiger partial charge in [0.25, 0.3) is 5.91 Å². The number of halogens is 4. The van der Waals surface area contributed by atoms with Gasteiger partial charge in [0.2, 0.25) is 0 Å². The van der Waals surface area contributed by atoms with Gasteiger partial charge in [0.1, 0.15) is 0 Å². The molecular weight excluding hydrogens is 266 g/mol. The van der Waals surface area contributed by atoms with Crippen molar-refractivity contribution >= 4 is 5.91 Å². The summed E-state index contributed by atoms with van der Waals surface area (Å²) in [6.07, 6.45) is -2.18. The molecule has 0 aromatic heterocycles. The molecule has 4 nitrogen and oxygen atoms in total. The summed E-state index contributed by atoms with van der Waals surface area (Å²) in [5.74, 6) is -6.36. The van der Waals surface area contributed by atoms with E-state index in [1.807, 2.05) is 4.90 Å². The normalized spacial score (nSPS) is 18.1. The van der Waals surface area contributed by atoms with Crippen LogP contribution in [0.4, 0.5) is 17.6 Å². The van der Waals surface area contributed by atoms with Crippen molar-refractivity contribution in [1.29, 1.82) is 0 Å². The van der Waals surface area contributed by atoms with Crippen molar-refractivity contribution < 1.29 is 22.4 Å². The van der Waals surface area contributed by atoms with Crippen molar-refractivity contribution in [2.45, 2.75) is 25.2 Å². The fourth-order valence-corrected chi connectivity index (χ4v) is 1.96. The summed E-state index contributed by atoms with van der Waals surface area (Å²) < 4.78 is 50.0. The Kier molecular flexibility index (Phi) is 5.99. The van der Waals surface area contributed by atoms with Crippen LogP contribution < -0.4 is 5.73 Å². The highest BCUT2D eigenvalue weighted by Gasteiger charge is 2.51. The summed E-state index contributed by atoms with van der Waals surface area (Å²) in [4.78, 5) is 14.1. The number of amides is 1. The second-order valence-corrected chi connectivity index (χ2v) is 4.55. The van der Waals surface area contributed by atoms with E-state index >= 15 is 0 Å². The molecule has 1 aliphatic heterocycles. The largest absolute Gasteiger partial charge is 0.383 e. The van der Waals surface area contributed by atoms with Gasteiger partial charge in [0, 0.05) is 26.2 Å². The molecule has 0 unspecified atom stereocenters. The number of hydrogen-bond acceptors (Lipinski definition) is 3. The molecule has 0 atom stereocenters. The van der Waals surface area contributed by atoms with Crippen molar-refractivity contribution in [2.75, 3.05) is 39.3 Å². The molecule has 1 fully saturated rings. The van der Waals surface area contributed by atoms with Gasteiger partial charge < -0.3 is 10.6 Å². The average molecular weight is 285 g/mol. The van der Waals surface area contributed by atoms with Crippen molar-refractivity contribution in [1.82, 2.24) is 9.80 Å². The van der Waals surface area contributed by atoms with Gasteiger partial charge in [-0.25, -0.2) is 8.78 Å². The van der Waals surface area contributed by atoms with Crippen LogP contribution in [0.15, 0.2) is 0 Å². The summed E-state index contributed by atoms with van der Waals surface area (Å²) in [5, 5.41) is 0. The third-order valence-corrected chi connectivity index (χ3v) is 3.15. The first kappa shape index (κ1) is 16.2. The van der Waals surface area contributed by atoms with Crippen LogP contribution >= 0.6 is 0 Å². The van der Waals surface area contributed by atoms with Gasteiger partial charge in [-0.15, -0.1) is 0 Å². The highest BCUT2D eigenvalue weighted by atomic mass is 19.3. The SMILES string of the molecule is NCCCCN1CCN(C(=O)C(F)(F)C(F)F)CC1. The number of nitrogens with two attached hydrogens (primary N) is 1. The second kappa shape index (κ2) is 7.04. The van der Waals surface area contributed by atoms with Gasteiger partial charge in [-0.3, -0.25) is 9.69 Å². The number of carbonyl (C=O) groups excluding carboxylic acids is 1. The maximum atomic E-state index is 12.9. The molecule has 8 heteroatoms. The van der Waals surface area contributed by atoms with E-state index in [-0.39, 0.29) is 13.1 Å². The van der Waals surface area contributed by atoms with E-state index in [9.17, 15) is 22.4 Å². The minimum atomic E-state index is -4.58. The van der Waals surface area contributed by atoms with Crippen LogP contribution in [0.3, 0.4) is 0 Å². The van der Waals surface area contributed by atoms with Crippen molar-refractivity contribution in [2.24, 2.45) is 5.73 Å². The van der Waals surface area contributed by atoms with Gasteiger partial charge in [0.05, 0.1) is 0 Å². The topological polar surface area (TPSA) is 49.6 Å². The molecule has 2 N–H and O–H groups in total. The number of nitrogens with zero attached hydrogens (tertiary/aromatic N) is 2. The third-order valence-electron chi connectivity index (χ3n) is 3.15. The van der Waals surface area contributed by atoms with Gasteiger partial charge in [-0.2, -0.15) is 8.78 Å². The van der Waals surface area contributed by atoms with E-state index in [4.69, 9.17) is 5.73 Å². The Bertz CT molecular complexity index is 294. The second-order valence-electron chi connectivity index (χ2n) is 4.55. The van der Waals surface area contributed by atoms with Crippen molar-refractivity contribution in [3.63, 3.8) is 0 Å². The number of rotatable bonds is 6. The zero-order valence-electron chi connectivity index (χ0n) is 10.6. The zero-order chi connectivity index (χ0) is 14.5. The van der Waals surface area contributed by atoms with E-state index in [0.29, 0.717) is 19.6 Å². The Labute approximate surface area is 109 Å². The van der Waals surface area contributed by atoms with Gasteiger partial charge >= 0.3 is 12.3 Å². The zero-order valence-corrected chi connectivity index (χ0v) is 10.6. The van der Waals surface area contributed by atoms with Crippen LogP contribution in [-0.2, 0) is 4.79 Å². The molecule has 1 heterocycles. The quantitative estimate of drug-likeness (QED) is 0.579. The molecule has 0 bridgehead atoms. The van der Waals surface area contributed by atoms with E-state index in [0.717, 1.165) is 24.3 Å². The molecule has 0 aromatic rings. The summed E-state index contributed by atoms with van der Waals surface area (Å²) in [6.45, 7) is 2.35. The van der Waals surface area contributed by atoms with Crippen LogP contribution in [0, 0.1) is 0 Å². The average Bonchev–Trinajstić information content (AvgIpc) is 2.39. The molecule has 1 rings (SSSR count). The van der Waals surface area contributed by atoms with E-state index in [1.165, 1.54) is 0 Å². The van der Waals surface area contributed by atoms with Crippen LogP contribution in [0.1, 0.15) is 12.8 Å². The molecule has 0 aromatic carbocycles. The Balaban J connectivity index is 2.39. The van der Waals surface area contributed by atoms with Crippen molar-refractivity contribution in [3.8, 4) is 0 Å². The van der Waals surface area contributed by atoms with Gasteiger partial charge in [0.15, 0.2) is 0 Å². The first-order valence-corrected chi connectivity index (χ1v) is 6.27. The number of hydrogen-bond donors (Lipinski definition) is 1. The number of piperazine rings is 1. The third kappa shape index (κ3) is 4.31. The minimum absolute atomic E-state index is 0.0593. The molecule has 0 spiro atoms. The van der Waals surface area contributed by atoms with E-state index < -0.39 is 18.3 Å². The lowest BCUT2D eigenvalue weighted by Crippen LogP contribution is -2.55. The predicted octanol–water partition coefficient (Wildman–Crippen LogP) is 0.770. The lowest BCUT2D eigenvalue weighted by Gasteiger charge is -2.36. The Morgan fingerprint density at radius 1 is 1.16 bits per heavy atom. The Morgan fingerprint density at radius 2 is 1.74 bits per heavy atom. The summed E-state index contributed by atoms with van der Waals surface area (Å²) in [6, 6.07) is 0. The standard InChI is InChI=1S/C11H19F4N3O/c12-9(13)11(14,15)10(19)18-7-5-17(6-8-18)4-2-1-3-16/h9H,1-8,16H2. The number of alkyl halides is 4. The summed E-state index contributed by atoms with van der Waals surface area (Å²) in [5.41, 5.74) is 5.36. The maximum absolute atomic E-state index is 12.9. The van der Waals surface area contributed by atoms with Gasteiger partial charge in [-0.05, 0) is 25.9 Å². The maximum Gasteiger partial charge on any atom is 0.383 e. The summed E-state index contributed by atoms with van der Waals surface area (Å²) >= 11 is 0. The molecule has 0 aliphatic carbocycles. The smallest absolute Gasteiger partial charge is 0.335 e. The Morgan fingerprint density at radius 3 is 2.21 bits per heavy atom. The predicted molar refractivity (Wildman–Crippen MR) is 62.3 cm³/mol. The highest BCUT2D eigenvalue weighted by molar-refractivity contribution is 5.84. The lowest BCUT2D eigenvalue weighted by molar-refractivity contribution is -0.182. The monoisotopic (exact) mass is 285 g/mol. The molecule has 1 aliphatic rings.